The van der Waals surface area contributed by atoms with Crippen LogP contribution in [0.2, 0.25) is 0 Å². The van der Waals surface area contributed by atoms with Crippen LogP contribution in [0, 0.1) is 5.92 Å². The number of amides is 1. The second-order valence-corrected chi connectivity index (χ2v) is 7.89. The maximum Gasteiger partial charge on any atom is 0.253 e. The molecular weight excluding hydrogens is 386 g/mol. The van der Waals surface area contributed by atoms with Crippen molar-refractivity contribution in [2.75, 3.05) is 46.6 Å². The first-order chi connectivity index (χ1) is 14.7. The molecule has 3 heterocycles. The second kappa shape index (κ2) is 10.0. The summed E-state index contributed by atoms with van der Waals surface area (Å²) in [6.45, 7) is 4.29. The minimum Gasteiger partial charge on any atom is -0.497 e. The van der Waals surface area contributed by atoms with E-state index >= 15 is 0 Å². The molecule has 1 amide bonds. The molecule has 0 N–H and O–H groups in total. The van der Waals surface area contributed by atoms with Gasteiger partial charge in [0, 0.05) is 44.9 Å². The van der Waals surface area contributed by atoms with E-state index in [4.69, 9.17) is 18.7 Å². The second-order valence-electron chi connectivity index (χ2n) is 7.89. The highest BCUT2D eigenvalue weighted by Gasteiger charge is 2.31. The molecule has 0 saturated carbocycles. The zero-order valence-electron chi connectivity index (χ0n) is 17.4. The highest BCUT2D eigenvalue weighted by Crippen LogP contribution is 2.27. The first-order valence-electron chi connectivity index (χ1n) is 10.6. The number of aromatic nitrogens is 2. The lowest BCUT2D eigenvalue weighted by Crippen LogP contribution is -2.28. The zero-order chi connectivity index (χ0) is 20.8. The normalized spacial score (nSPS) is 19.9. The highest BCUT2D eigenvalue weighted by molar-refractivity contribution is 5.94. The Morgan fingerprint density at radius 3 is 2.77 bits per heavy atom. The van der Waals surface area contributed by atoms with E-state index < -0.39 is 0 Å². The van der Waals surface area contributed by atoms with Crippen molar-refractivity contribution in [2.24, 2.45) is 5.92 Å². The van der Waals surface area contributed by atoms with Gasteiger partial charge in [0.1, 0.15) is 5.75 Å². The monoisotopic (exact) mass is 415 g/mol. The Labute approximate surface area is 176 Å². The quantitative estimate of drug-likeness (QED) is 0.613. The maximum absolute atomic E-state index is 12.7. The molecule has 2 aliphatic heterocycles. The van der Waals surface area contributed by atoms with Gasteiger partial charge in [0.15, 0.2) is 5.82 Å². The zero-order valence-corrected chi connectivity index (χ0v) is 17.4. The predicted octanol–water partition coefficient (Wildman–Crippen LogP) is 2.69. The Morgan fingerprint density at radius 1 is 1.20 bits per heavy atom. The third-order valence-electron chi connectivity index (χ3n) is 5.81. The summed E-state index contributed by atoms with van der Waals surface area (Å²) >= 11 is 0. The van der Waals surface area contributed by atoms with Gasteiger partial charge in [-0.25, -0.2) is 0 Å². The summed E-state index contributed by atoms with van der Waals surface area (Å²) in [5, 5.41) is 4.09. The molecule has 0 spiro atoms. The third-order valence-corrected chi connectivity index (χ3v) is 5.81. The fraction of sp³-hybridized carbons (Fsp3) is 0.591. The summed E-state index contributed by atoms with van der Waals surface area (Å²) in [5.74, 6) is 2.70. The standard InChI is InChI=1S/C22H29N3O5/c1-27-19-4-2-17(3-5-19)22(26)25-10-6-18(14-25)21-23-20(24-30-21)9-13-29-15-16-7-11-28-12-8-16/h2-5,16,18H,6-15H2,1H3. The molecule has 0 aliphatic carbocycles. The molecule has 2 aromatic rings. The van der Waals surface area contributed by atoms with Crippen molar-refractivity contribution in [3.8, 4) is 5.75 Å². The summed E-state index contributed by atoms with van der Waals surface area (Å²) < 4.78 is 21.8. The van der Waals surface area contributed by atoms with Gasteiger partial charge in [0.2, 0.25) is 5.89 Å². The molecule has 1 aromatic carbocycles. The Kier molecular flexibility index (Phi) is 6.96. The van der Waals surface area contributed by atoms with Gasteiger partial charge in [-0.05, 0) is 49.4 Å². The molecule has 8 nitrogen and oxygen atoms in total. The number of hydrogen-bond acceptors (Lipinski definition) is 7. The van der Waals surface area contributed by atoms with Gasteiger partial charge in [0.25, 0.3) is 5.91 Å². The smallest absolute Gasteiger partial charge is 0.253 e. The van der Waals surface area contributed by atoms with Crippen molar-refractivity contribution in [2.45, 2.75) is 31.6 Å². The van der Waals surface area contributed by atoms with E-state index in [0.29, 0.717) is 49.3 Å². The first-order valence-corrected chi connectivity index (χ1v) is 10.6. The van der Waals surface area contributed by atoms with Crippen LogP contribution in [0.4, 0.5) is 0 Å². The lowest BCUT2D eigenvalue weighted by atomic mass is 10.0. The Bertz CT molecular complexity index is 816. The number of nitrogens with zero attached hydrogens (tertiary/aromatic N) is 3. The number of carbonyl (C=O) groups excluding carboxylic acids is 1. The molecule has 30 heavy (non-hydrogen) atoms. The van der Waals surface area contributed by atoms with Crippen LogP contribution in [0.1, 0.15) is 47.3 Å². The van der Waals surface area contributed by atoms with Crippen LogP contribution >= 0.6 is 0 Å². The first kappa shape index (κ1) is 20.8. The van der Waals surface area contributed by atoms with E-state index in [2.05, 4.69) is 10.1 Å². The van der Waals surface area contributed by atoms with E-state index in [1.54, 1.807) is 31.4 Å². The molecule has 0 bridgehead atoms. The van der Waals surface area contributed by atoms with Crippen LogP contribution in [0.5, 0.6) is 5.75 Å². The Balaban J connectivity index is 1.23. The van der Waals surface area contributed by atoms with E-state index in [-0.39, 0.29) is 11.8 Å². The molecule has 1 unspecified atom stereocenters. The molecule has 2 aliphatic rings. The Hall–Kier alpha value is -2.45. The topological polar surface area (TPSA) is 86.9 Å². The molecule has 4 rings (SSSR count). The fourth-order valence-corrected chi connectivity index (χ4v) is 3.92. The number of likely N-dealkylation sites (tertiary alicyclic amines) is 1. The summed E-state index contributed by atoms with van der Waals surface area (Å²) in [7, 11) is 1.61. The minimum atomic E-state index is 0.0152. The Morgan fingerprint density at radius 2 is 2.00 bits per heavy atom. The van der Waals surface area contributed by atoms with Gasteiger partial charge in [-0.2, -0.15) is 4.98 Å². The molecule has 8 heteroatoms. The van der Waals surface area contributed by atoms with Gasteiger partial charge in [-0.15, -0.1) is 0 Å². The van der Waals surface area contributed by atoms with Crippen LogP contribution in [0.3, 0.4) is 0 Å². The average Bonchev–Trinajstić information content (AvgIpc) is 3.47. The SMILES string of the molecule is COc1ccc(C(=O)N2CCC(c3nc(CCOCC4CCOCC4)no3)C2)cc1. The highest BCUT2D eigenvalue weighted by atomic mass is 16.5. The van der Waals surface area contributed by atoms with E-state index in [1.807, 2.05) is 4.90 Å². The number of methoxy groups -OCH3 is 1. The van der Waals surface area contributed by atoms with E-state index in [1.165, 1.54) is 0 Å². The fourth-order valence-electron chi connectivity index (χ4n) is 3.92. The molecule has 162 valence electrons. The number of carbonyl (C=O) groups is 1. The van der Waals surface area contributed by atoms with Crippen molar-refractivity contribution >= 4 is 5.91 Å². The van der Waals surface area contributed by atoms with Crippen molar-refractivity contribution < 1.29 is 23.5 Å². The maximum atomic E-state index is 12.7. The van der Waals surface area contributed by atoms with Crippen LogP contribution in [0.25, 0.3) is 0 Å². The molecule has 2 saturated heterocycles. The molecule has 0 radical (unpaired) electrons. The average molecular weight is 415 g/mol. The van der Waals surface area contributed by atoms with Gasteiger partial charge >= 0.3 is 0 Å². The van der Waals surface area contributed by atoms with Gasteiger partial charge < -0.3 is 23.6 Å². The summed E-state index contributed by atoms with van der Waals surface area (Å²) in [6.07, 6.45) is 3.59. The third kappa shape index (κ3) is 5.17. The predicted molar refractivity (Wildman–Crippen MR) is 109 cm³/mol. The van der Waals surface area contributed by atoms with E-state index in [0.717, 1.165) is 44.8 Å². The lowest BCUT2D eigenvalue weighted by Gasteiger charge is -2.21. The number of hydrogen-bond donors (Lipinski definition) is 0. The van der Waals surface area contributed by atoms with Crippen molar-refractivity contribution in [3.63, 3.8) is 0 Å². The van der Waals surface area contributed by atoms with Crippen LogP contribution < -0.4 is 4.74 Å². The van der Waals surface area contributed by atoms with Crippen LogP contribution in [-0.2, 0) is 15.9 Å². The van der Waals surface area contributed by atoms with E-state index in [9.17, 15) is 4.79 Å². The van der Waals surface area contributed by atoms with Crippen molar-refractivity contribution in [3.05, 3.63) is 41.5 Å². The van der Waals surface area contributed by atoms with Crippen LogP contribution in [0.15, 0.2) is 28.8 Å². The van der Waals surface area contributed by atoms with Gasteiger partial charge in [0.05, 0.1) is 19.6 Å². The molecule has 1 aromatic heterocycles. The van der Waals surface area contributed by atoms with Crippen molar-refractivity contribution in [1.82, 2.24) is 15.0 Å². The van der Waals surface area contributed by atoms with Gasteiger partial charge in [-0.1, -0.05) is 5.16 Å². The molecule has 1 atom stereocenters. The lowest BCUT2D eigenvalue weighted by molar-refractivity contribution is 0.0211. The minimum absolute atomic E-state index is 0.0152. The summed E-state index contributed by atoms with van der Waals surface area (Å²) in [6, 6.07) is 7.18. The summed E-state index contributed by atoms with van der Waals surface area (Å²) in [4.78, 5) is 19.1. The van der Waals surface area contributed by atoms with Crippen molar-refractivity contribution in [1.29, 1.82) is 0 Å². The number of ether oxygens (including phenoxy) is 3. The summed E-state index contributed by atoms with van der Waals surface area (Å²) in [5.41, 5.74) is 0.657. The number of benzene rings is 1. The van der Waals surface area contributed by atoms with Gasteiger partial charge in [-0.3, -0.25) is 4.79 Å². The number of rotatable bonds is 8. The molecule has 2 fully saturated rings. The van der Waals surface area contributed by atoms with Crippen LogP contribution in [-0.4, -0.2) is 67.6 Å². The largest absolute Gasteiger partial charge is 0.497 e. The molecular formula is C22H29N3O5.